The maximum absolute atomic E-state index is 12.5. The summed E-state index contributed by atoms with van der Waals surface area (Å²) in [6.07, 6.45) is 65.7. The molecule has 60 heavy (non-hydrogen) atoms. The molecule has 3 atom stereocenters. The van der Waals surface area contributed by atoms with E-state index in [9.17, 15) is 20.1 Å². The predicted octanol–water partition coefficient (Wildman–Crippen LogP) is 16.1. The lowest BCUT2D eigenvalue weighted by Crippen LogP contribution is -2.45. The average Bonchev–Trinajstić information content (AvgIpc) is 3.24. The summed E-state index contributed by atoms with van der Waals surface area (Å²) < 4.78 is 0. The average molecular weight is 842 g/mol. The first-order chi connectivity index (χ1) is 29.5. The molecule has 352 valence electrons. The third kappa shape index (κ3) is 45.8. The van der Waals surface area contributed by atoms with Crippen LogP contribution in [-0.2, 0) is 4.79 Å². The van der Waals surface area contributed by atoms with Crippen LogP contribution in [0.3, 0.4) is 0 Å². The minimum Gasteiger partial charge on any atom is -0.394 e. The standard InChI is InChI=1S/C55H103NO4/c1-3-5-7-9-11-13-15-17-19-21-22-23-24-25-26-27-28-29-30-31-33-34-36-38-40-42-44-46-48-52(58)50-55(60)56-53(51-57)54(59)49-47-45-43-41-39-37-35-32-20-18-16-14-12-10-8-6-4-2/h20,25-26,32,39,41,47,49,52-54,57-59H,3-19,21-24,27-31,33-38,40,42-46,48,50-51H2,1-2H3,(H,56,60)/b26-25-,32-20+,41-39+,49-47+. The summed E-state index contributed by atoms with van der Waals surface area (Å²) in [5.41, 5.74) is 0. The quantitative estimate of drug-likeness (QED) is 0.0363. The van der Waals surface area contributed by atoms with Crippen molar-refractivity contribution in [2.75, 3.05) is 6.61 Å². The summed E-state index contributed by atoms with van der Waals surface area (Å²) in [7, 11) is 0. The molecule has 0 bridgehead atoms. The van der Waals surface area contributed by atoms with Crippen molar-refractivity contribution in [1.82, 2.24) is 5.32 Å². The second kappa shape index (κ2) is 50.0. The Kier molecular flexibility index (Phi) is 48.6. The Hall–Kier alpha value is -1.69. The van der Waals surface area contributed by atoms with Crippen molar-refractivity contribution >= 4 is 5.91 Å². The molecule has 0 aromatic carbocycles. The molecule has 0 aliphatic rings. The Morgan fingerprint density at radius 3 is 1.07 bits per heavy atom. The van der Waals surface area contributed by atoms with Crippen molar-refractivity contribution in [2.24, 2.45) is 0 Å². The van der Waals surface area contributed by atoms with Gasteiger partial charge in [-0.25, -0.2) is 0 Å². The van der Waals surface area contributed by atoms with Crippen LogP contribution >= 0.6 is 0 Å². The van der Waals surface area contributed by atoms with Crippen LogP contribution in [-0.4, -0.2) is 46.1 Å². The first kappa shape index (κ1) is 58.3. The van der Waals surface area contributed by atoms with Crippen LogP contribution in [0.2, 0.25) is 0 Å². The smallest absolute Gasteiger partial charge is 0.222 e. The van der Waals surface area contributed by atoms with Gasteiger partial charge in [0.25, 0.3) is 0 Å². The topological polar surface area (TPSA) is 89.8 Å². The molecule has 0 aromatic rings. The fourth-order valence-corrected chi connectivity index (χ4v) is 8.01. The minimum absolute atomic E-state index is 0.00223. The molecule has 3 unspecified atom stereocenters. The normalized spacial score (nSPS) is 13.8. The van der Waals surface area contributed by atoms with Gasteiger partial charge in [-0.3, -0.25) is 4.79 Å². The predicted molar refractivity (Wildman–Crippen MR) is 264 cm³/mol. The molecule has 0 spiro atoms. The Morgan fingerprint density at radius 2 is 0.717 bits per heavy atom. The number of allylic oxidation sites excluding steroid dienone is 7. The Balaban J connectivity index is 3.61. The van der Waals surface area contributed by atoms with E-state index in [0.29, 0.717) is 6.42 Å². The fraction of sp³-hybridized carbons (Fsp3) is 0.836. The number of aliphatic hydroxyl groups is 3. The summed E-state index contributed by atoms with van der Waals surface area (Å²) >= 11 is 0. The van der Waals surface area contributed by atoms with Crippen LogP contribution in [0.15, 0.2) is 48.6 Å². The Labute approximate surface area is 374 Å². The lowest BCUT2D eigenvalue weighted by molar-refractivity contribution is -0.124. The zero-order valence-electron chi connectivity index (χ0n) is 40.1. The summed E-state index contributed by atoms with van der Waals surface area (Å²) in [5.74, 6) is -0.328. The maximum atomic E-state index is 12.5. The molecule has 0 aromatic heterocycles. The number of carbonyl (C=O) groups is 1. The van der Waals surface area contributed by atoms with Gasteiger partial charge in [-0.1, -0.05) is 242 Å². The molecular weight excluding hydrogens is 739 g/mol. The molecule has 0 aliphatic heterocycles. The monoisotopic (exact) mass is 842 g/mol. The third-order valence-electron chi connectivity index (χ3n) is 12.1. The first-order valence-corrected chi connectivity index (χ1v) is 26.4. The van der Waals surface area contributed by atoms with Gasteiger partial charge in [0, 0.05) is 0 Å². The van der Waals surface area contributed by atoms with Crippen molar-refractivity contribution in [3.05, 3.63) is 48.6 Å². The highest BCUT2D eigenvalue weighted by Crippen LogP contribution is 2.16. The van der Waals surface area contributed by atoms with Crippen LogP contribution < -0.4 is 5.32 Å². The molecule has 0 radical (unpaired) electrons. The number of hydrogen-bond acceptors (Lipinski definition) is 4. The largest absolute Gasteiger partial charge is 0.394 e. The molecule has 0 aliphatic carbocycles. The van der Waals surface area contributed by atoms with Gasteiger partial charge in [0.2, 0.25) is 5.91 Å². The summed E-state index contributed by atoms with van der Waals surface area (Å²) in [5, 5.41) is 33.3. The second-order valence-corrected chi connectivity index (χ2v) is 18.1. The molecule has 0 fully saturated rings. The number of rotatable bonds is 48. The van der Waals surface area contributed by atoms with Gasteiger partial charge in [-0.05, 0) is 70.6 Å². The highest BCUT2D eigenvalue weighted by Gasteiger charge is 2.20. The van der Waals surface area contributed by atoms with Gasteiger partial charge >= 0.3 is 0 Å². The van der Waals surface area contributed by atoms with E-state index in [2.05, 4.69) is 55.6 Å². The number of unbranched alkanes of at least 4 members (excludes halogenated alkanes) is 33. The van der Waals surface area contributed by atoms with Gasteiger partial charge in [-0.2, -0.15) is 0 Å². The van der Waals surface area contributed by atoms with E-state index in [1.165, 1.54) is 205 Å². The summed E-state index contributed by atoms with van der Waals surface area (Å²) in [6, 6.07) is -0.768. The molecule has 0 heterocycles. The first-order valence-electron chi connectivity index (χ1n) is 26.4. The van der Waals surface area contributed by atoms with Crippen LogP contribution in [0.5, 0.6) is 0 Å². The van der Waals surface area contributed by atoms with Crippen LogP contribution in [0.25, 0.3) is 0 Å². The van der Waals surface area contributed by atoms with Crippen LogP contribution in [0.1, 0.15) is 271 Å². The van der Waals surface area contributed by atoms with Crippen LogP contribution in [0, 0.1) is 0 Å². The zero-order chi connectivity index (χ0) is 43.7. The van der Waals surface area contributed by atoms with Gasteiger partial charge in [0.15, 0.2) is 0 Å². The van der Waals surface area contributed by atoms with Crippen molar-refractivity contribution in [1.29, 1.82) is 0 Å². The van der Waals surface area contributed by atoms with E-state index in [1.54, 1.807) is 6.08 Å². The van der Waals surface area contributed by atoms with Crippen molar-refractivity contribution in [3.8, 4) is 0 Å². The van der Waals surface area contributed by atoms with Gasteiger partial charge in [0.05, 0.1) is 31.3 Å². The Morgan fingerprint density at radius 1 is 0.417 bits per heavy atom. The molecular formula is C55H103NO4. The highest BCUT2D eigenvalue weighted by atomic mass is 16.3. The lowest BCUT2D eigenvalue weighted by Gasteiger charge is -2.21. The number of nitrogens with one attached hydrogen (secondary N) is 1. The zero-order valence-corrected chi connectivity index (χ0v) is 40.1. The van der Waals surface area contributed by atoms with E-state index in [0.717, 1.165) is 38.5 Å². The van der Waals surface area contributed by atoms with Crippen molar-refractivity contribution < 1.29 is 20.1 Å². The SMILES string of the molecule is CCCCCCCCC/C=C/CC/C=C/CC/C=C/C(O)C(CO)NC(=O)CC(O)CCCCCCCCCCCCCC/C=C\CCCCCCCCCCCCCC. The number of amides is 1. The number of aliphatic hydroxyl groups excluding tert-OH is 3. The Bertz CT molecular complexity index is 974. The number of carbonyl (C=O) groups excluding carboxylic acids is 1. The maximum Gasteiger partial charge on any atom is 0.222 e. The van der Waals surface area contributed by atoms with Gasteiger partial charge < -0.3 is 20.6 Å². The molecule has 4 N–H and O–H groups in total. The lowest BCUT2D eigenvalue weighted by atomic mass is 10.0. The van der Waals surface area contributed by atoms with Crippen molar-refractivity contribution in [2.45, 2.75) is 289 Å². The summed E-state index contributed by atoms with van der Waals surface area (Å²) in [4.78, 5) is 12.5. The highest BCUT2D eigenvalue weighted by molar-refractivity contribution is 5.76. The van der Waals surface area contributed by atoms with E-state index in [4.69, 9.17) is 0 Å². The molecule has 0 saturated heterocycles. The number of hydrogen-bond donors (Lipinski definition) is 4. The summed E-state index contributed by atoms with van der Waals surface area (Å²) in [6.45, 7) is 4.21. The van der Waals surface area contributed by atoms with Gasteiger partial charge in [0.1, 0.15) is 0 Å². The molecule has 5 heteroatoms. The third-order valence-corrected chi connectivity index (χ3v) is 12.1. The molecule has 5 nitrogen and oxygen atoms in total. The van der Waals surface area contributed by atoms with Crippen molar-refractivity contribution in [3.63, 3.8) is 0 Å². The molecule has 1 amide bonds. The van der Waals surface area contributed by atoms with Gasteiger partial charge in [-0.15, -0.1) is 0 Å². The minimum atomic E-state index is -0.961. The fourth-order valence-electron chi connectivity index (χ4n) is 8.01. The molecule has 0 rings (SSSR count). The van der Waals surface area contributed by atoms with E-state index in [1.807, 2.05) is 6.08 Å². The second-order valence-electron chi connectivity index (χ2n) is 18.1. The van der Waals surface area contributed by atoms with E-state index < -0.39 is 18.2 Å². The van der Waals surface area contributed by atoms with Crippen LogP contribution in [0.4, 0.5) is 0 Å². The molecule has 0 saturated carbocycles. The van der Waals surface area contributed by atoms with E-state index >= 15 is 0 Å². The van der Waals surface area contributed by atoms with E-state index in [-0.39, 0.29) is 18.9 Å².